The van der Waals surface area contributed by atoms with Gasteiger partial charge in [0.1, 0.15) is 0 Å². The van der Waals surface area contributed by atoms with Crippen LogP contribution >= 0.6 is 0 Å². The average Bonchev–Trinajstić information content (AvgIpc) is 2.59. The van der Waals surface area contributed by atoms with Gasteiger partial charge >= 0.3 is 0 Å². The van der Waals surface area contributed by atoms with E-state index in [1.54, 1.807) is 0 Å². The lowest BCUT2D eigenvalue weighted by atomic mass is 10.1. The van der Waals surface area contributed by atoms with E-state index in [0.29, 0.717) is 13.0 Å². The number of nitrogens with one attached hydrogen (secondary N) is 1. The summed E-state index contributed by atoms with van der Waals surface area (Å²) in [6, 6.07) is 10.00. The number of amides is 2. The number of benzene rings is 1. The quantitative estimate of drug-likeness (QED) is 0.761. The molecule has 1 saturated heterocycles. The summed E-state index contributed by atoms with van der Waals surface area (Å²) in [5.41, 5.74) is 6.49. The normalized spacial score (nSPS) is 16.3. The number of piperazine rings is 1. The van der Waals surface area contributed by atoms with Gasteiger partial charge < -0.3 is 16.0 Å². The van der Waals surface area contributed by atoms with Crippen LogP contribution in [0.15, 0.2) is 30.3 Å². The maximum Gasteiger partial charge on any atom is 0.231 e. The van der Waals surface area contributed by atoms with E-state index in [1.807, 2.05) is 47.1 Å². The van der Waals surface area contributed by atoms with E-state index in [4.69, 9.17) is 5.73 Å². The van der Waals surface area contributed by atoms with Gasteiger partial charge in [0, 0.05) is 45.2 Å². The molecule has 0 aromatic heterocycles. The van der Waals surface area contributed by atoms with E-state index in [1.165, 1.54) is 0 Å². The fourth-order valence-electron chi connectivity index (χ4n) is 2.86. The van der Waals surface area contributed by atoms with E-state index < -0.39 is 0 Å². The van der Waals surface area contributed by atoms with Gasteiger partial charge in [0.2, 0.25) is 11.8 Å². The summed E-state index contributed by atoms with van der Waals surface area (Å²) < 4.78 is 0. The van der Waals surface area contributed by atoms with Gasteiger partial charge in [-0.15, -0.1) is 0 Å². The minimum absolute atomic E-state index is 0.0412. The highest BCUT2D eigenvalue weighted by atomic mass is 16.2. The summed E-state index contributed by atoms with van der Waals surface area (Å²) in [7, 11) is 0. The first kappa shape index (κ1) is 17.4. The fourth-order valence-corrected chi connectivity index (χ4v) is 2.86. The summed E-state index contributed by atoms with van der Waals surface area (Å²) in [5.74, 6) is -0.233. The predicted octanol–water partition coefficient (Wildman–Crippen LogP) is 0.357. The van der Waals surface area contributed by atoms with Crippen LogP contribution in [0.3, 0.4) is 0 Å². The average molecular weight is 318 g/mol. The smallest absolute Gasteiger partial charge is 0.231 e. The SMILES string of the molecule is C[C@H](c1ccccc1)N(CCC(=O)N1CCNCC1)CC(N)=O. The first-order valence-corrected chi connectivity index (χ1v) is 8.13. The second-order valence-corrected chi connectivity index (χ2v) is 5.90. The molecule has 0 saturated carbocycles. The molecule has 1 aliphatic heterocycles. The van der Waals surface area contributed by atoms with Crippen molar-refractivity contribution >= 4 is 11.8 Å². The summed E-state index contributed by atoms with van der Waals surface area (Å²) in [4.78, 5) is 27.5. The Morgan fingerprint density at radius 1 is 1.26 bits per heavy atom. The molecule has 1 atom stereocenters. The molecule has 0 unspecified atom stereocenters. The van der Waals surface area contributed by atoms with Crippen LogP contribution in [0.25, 0.3) is 0 Å². The predicted molar refractivity (Wildman–Crippen MR) is 89.7 cm³/mol. The molecule has 0 spiro atoms. The molecular formula is C17H26N4O2. The molecule has 0 aliphatic carbocycles. The Morgan fingerprint density at radius 3 is 2.52 bits per heavy atom. The van der Waals surface area contributed by atoms with Crippen molar-refractivity contribution in [2.75, 3.05) is 39.3 Å². The van der Waals surface area contributed by atoms with Crippen LogP contribution in [0.1, 0.15) is 24.9 Å². The molecule has 0 radical (unpaired) electrons. The molecular weight excluding hydrogens is 292 g/mol. The van der Waals surface area contributed by atoms with Crippen LogP contribution in [0, 0.1) is 0 Å². The molecule has 1 fully saturated rings. The zero-order chi connectivity index (χ0) is 16.7. The summed E-state index contributed by atoms with van der Waals surface area (Å²) >= 11 is 0. The number of hydrogen-bond acceptors (Lipinski definition) is 4. The van der Waals surface area contributed by atoms with E-state index in [2.05, 4.69) is 5.32 Å². The Hall–Kier alpha value is -1.92. The van der Waals surface area contributed by atoms with Gasteiger partial charge in [0.25, 0.3) is 0 Å². The van der Waals surface area contributed by atoms with E-state index in [-0.39, 0.29) is 24.4 Å². The number of carbonyl (C=O) groups is 2. The molecule has 2 amide bonds. The summed E-state index contributed by atoms with van der Waals surface area (Å²) in [5, 5.41) is 3.23. The minimum Gasteiger partial charge on any atom is -0.369 e. The van der Waals surface area contributed by atoms with Gasteiger partial charge in [-0.2, -0.15) is 0 Å². The van der Waals surface area contributed by atoms with Gasteiger partial charge in [-0.1, -0.05) is 30.3 Å². The van der Waals surface area contributed by atoms with E-state index in [9.17, 15) is 9.59 Å². The van der Waals surface area contributed by atoms with Crippen molar-refractivity contribution in [2.45, 2.75) is 19.4 Å². The van der Waals surface area contributed by atoms with Crippen molar-refractivity contribution in [1.29, 1.82) is 0 Å². The first-order chi connectivity index (χ1) is 11.1. The molecule has 2 rings (SSSR count). The molecule has 6 heteroatoms. The lowest BCUT2D eigenvalue weighted by Gasteiger charge is -2.31. The topological polar surface area (TPSA) is 78.7 Å². The third-order valence-electron chi connectivity index (χ3n) is 4.27. The van der Waals surface area contributed by atoms with Gasteiger partial charge in [-0.25, -0.2) is 0 Å². The van der Waals surface area contributed by atoms with Crippen LogP contribution in [-0.2, 0) is 9.59 Å². The third-order valence-corrected chi connectivity index (χ3v) is 4.27. The molecule has 6 nitrogen and oxygen atoms in total. The monoisotopic (exact) mass is 318 g/mol. The number of primary amides is 1. The van der Waals surface area contributed by atoms with Crippen LogP contribution in [0.2, 0.25) is 0 Å². The van der Waals surface area contributed by atoms with Crippen LogP contribution in [-0.4, -0.2) is 60.9 Å². The zero-order valence-electron chi connectivity index (χ0n) is 13.7. The molecule has 1 aliphatic rings. The number of rotatable bonds is 7. The lowest BCUT2D eigenvalue weighted by molar-refractivity contribution is -0.132. The Morgan fingerprint density at radius 2 is 1.91 bits per heavy atom. The van der Waals surface area contributed by atoms with Crippen LogP contribution in [0.4, 0.5) is 0 Å². The molecule has 23 heavy (non-hydrogen) atoms. The lowest BCUT2D eigenvalue weighted by Crippen LogP contribution is -2.47. The van der Waals surface area contributed by atoms with Crippen molar-refractivity contribution in [1.82, 2.24) is 15.1 Å². The number of hydrogen-bond donors (Lipinski definition) is 2. The molecule has 1 aromatic rings. The fraction of sp³-hybridized carbons (Fsp3) is 0.529. The van der Waals surface area contributed by atoms with E-state index in [0.717, 1.165) is 31.7 Å². The van der Waals surface area contributed by atoms with Crippen LogP contribution in [0.5, 0.6) is 0 Å². The third kappa shape index (κ3) is 5.33. The second kappa shape index (κ2) is 8.64. The van der Waals surface area contributed by atoms with Gasteiger partial charge in [-0.3, -0.25) is 14.5 Å². The zero-order valence-corrected chi connectivity index (χ0v) is 13.7. The Bertz CT molecular complexity index is 515. The molecule has 0 bridgehead atoms. The van der Waals surface area contributed by atoms with Crippen molar-refractivity contribution < 1.29 is 9.59 Å². The largest absolute Gasteiger partial charge is 0.369 e. The molecule has 3 N–H and O–H groups in total. The highest BCUT2D eigenvalue weighted by Gasteiger charge is 2.21. The summed E-state index contributed by atoms with van der Waals surface area (Å²) in [6.07, 6.45) is 0.407. The Kier molecular flexibility index (Phi) is 6.55. The molecule has 1 aromatic carbocycles. The van der Waals surface area contributed by atoms with Crippen molar-refractivity contribution in [3.05, 3.63) is 35.9 Å². The van der Waals surface area contributed by atoms with Gasteiger partial charge in [0.05, 0.1) is 6.54 Å². The minimum atomic E-state index is -0.373. The first-order valence-electron chi connectivity index (χ1n) is 8.13. The van der Waals surface area contributed by atoms with Crippen molar-refractivity contribution in [2.24, 2.45) is 5.73 Å². The highest BCUT2D eigenvalue weighted by molar-refractivity contribution is 5.77. The summed E-state index contributed by atoms with van der Waals surface area (Å²) in [6.45, 7) is 5.92. The molecule has 126 valence electrons. The molecule has 1 heterocycles. The highest BCUT2D eigenvalue weighted by Crippen LogP contribution is 2.19. The number of nitrogens with two attached hydrogens (primary N) is 1. The Balaban J connectivity index is 1.95. The second-order valence-electron chi connectivity index (χ2n) is 5.90. The van der Waals surface area contributed by atoms with E-state index >= 15 is 0 Å². The maximum atomic E-state index is 12.3. The maximum absolute atomic E-state index is 12.3. The van der Waals surface area contributed by atoms with Crippen molar-refractivity contribution in [3.8, 4) is 0 Å². The number of nitrogens with zero attached hydrogens (tertiary/aromatic N) is 2. The Labute approximate surface area is 137 Å². The van der Waals surface area contributed by atoms with Crippen LogP contribution < -0.4 is 11.1 Å². The van der Waals surface area contributed by atoms with Gasteiger partial charge in [-0.05, 0) is 12.5 Å². The standard InChI is InChI=1S/C17H26N4O2/c1-14(15-5-3-2-4-6-15)21(13-16(18)22)10-7-17(23)20-11-8-19-9-12-20/h2-6,14,19H,7-13H2,1H3,(H2,18,22)/t14-/m1/s1. The van der Waals surface area contributed by atoms with Crippen molar-refractivity contribution in [3.63, 3.8) is 0 Å². The number of carbonyl (C=O) groups excluding carboxylic acids is 2. The van der Waals surface area contributed by atoms with Gasteiger partial charge in [0.15, 0.2) is 0 Å².